The van der Waals surface area contributed by atoms with Crippen molar-refractivity contribution in [3.05, 3.63) is 0 Å². The Balaban J connectivity index is 4.35. The van der Waals surface area contributed by atoms with Crippen molar-refractivity contribution in [3.63, 3.8) is 0 Å². The van der Waals surface area contributed by atoms with Crippen molar-refractivity contribution >= 4 is 0 Å². The van der Waals surface area contributed by atoms with E-state index in [2.05, 4.69) is 39.5 Å². The maximum Gasteiger partial charge on any atom is 0.0634 e. The van der Waals surface area contributed by atoms with E-state index < -0.39 is 0 Å². The van der Waals surface area contributed by atoms with Crippen molar-refractivity contribution in [2.75, 3.05) is 26.7 Å². The zero-order chi connectivity index (χ0) is 12.8. The highest BCUT2D eigenvalue weighted by Crippen LogP contribution is 2.19. The number of hydrogen-bond donors (Lipinski definition) is 1. The lowest BCUT2D eigenvalue weighted by molar-refractivity contribution is -0.00191. The number of nitrogens with zero attached hydrogens (tertiary/aromatic N) is 1. The summed E-state index contributed by atoms with van der Waals surface area (Å²) in [6.07, 6.45) is 2.20. The van der Waals surface area contributed by atoms with E-state index in [1.54, 1.807) is 7.11 Å². The summed E-state index contributed by atoms with van der Waals surface area (Å²) in [6.45, 7) is 13.7. The third kappa shape index (κ3) is 5.28. The molecule has 0 saturated carbocycles. The minimum absolute atomic E-state index is 0.0450. The molecule has 0 amide bonds. The summed E-state index contributed by atoms with van der Waals surface area (Å²) in [5.74, 6) is 0. The van der Waals surface area contributed by atoms with E-state index in [0.717, 1.165) is 25.9 Å². The maximum absolute atomic E-state index is 5.84. The zero-order valence-corrected chi connectivity index (χ0v) is 12.0. The van der Waals surface area contributed by atoms with Crippen LogP contribution in [0.15, 0.2) is 0 Å². The van der Waals surface area contributed by atoms with Crippen molar-refractivity contribution in [2.24, 2.45) is 5.73 Å². The van der Waals surface area contributed by atoms with Gasteiger partial charge in [0, 0.05) is 25.7 Å². The Morgan fingerprint density at radius 2 is 1.69 bits per heavy atom. The number of rotatable bonds is 8. The van der Waals surface area contributed by atoms with Crippen LogP contribution in [0.3, 0.4) is 0 Å². The summed E-state index contributed by atoms with van der Waals surface area (Å²) in [4.78, 5) is 2.47. The SMILES string of the molecule is CCCN(CCC(C)(C)OC)C(C)(C)CN. The molecule has 0 aliphatic rings. The fourth-order valence-corrected chi connectivity index (χ4v) is 1.62. The van der Waals surface area contributed by atoms with Crippen molar-refractivity contribution in [1.82, 2.24) is 4.90 Å². The van der Waals surface area contributed by atoms with Gasteiger partial charge in [0.1, 0.15) is 0 Å². The summed E-state index contributed by atoms with van der Waals surface area (Å²) >= 11 is 0. The van der Waals surface area contributed by atoms with Crippen LogP contribution >= 0.6 is 0 Å². The van der Waals surface area contributed by atoms with Gasteiger partial charge < -0.3 is 10.5 Å². The van der Waals surface area contributed by atoms with Crippen LogP contribution in [-0.4, -0.2) is 42.8 Å². The highest BCUT2D eigenvalue weighted by molar-refractivity contribution is 4.84. The van der Waals surface area contributed by atoms with Gasteiger partial charge in [0.05, 0.1) is 5.60 Å². The van der Waals surface area contributed by atoms with Gasteiger partial charge in [0.25, 0.3) is 0 Å². The Hall–Kier alpha value is -0.120. The second-order valence-corrected chi connectivity index (χ2v) is 5.72. The topological polar surface area (TPSA) is 38.5 Å². The van der Waals surface area contributed by atoms with Crippen LogP contribution in [0.25, 0.3) is 0 Å². The molecular formula is C13H30N2O. The fourth-order valence-electron chi connectivity index (χ4n) is 1.62. The van der Waals surface area contributed by atoms with E-state index in [4.69, 9.17) is 10.5 Å². The van der Waals surface area contributed by atoms with E-state index in [9.17, 15) is 0 Å². The highest BCUT2D eigenvalue weighted by Gasteiger charge is 2.26. The molecule has 0 rings (SSSR count). The van der Waals surface area contributed by atoms with Gasteiger partial charge in [0.2, 0.25) is 0 Å². The first kappa shape index (κ1) is 15.9. The molecule has 0 aliphatic carbocycles. The third-order valence-corrected chi connectivity index (χ3v) is 3.39. The standard InChI is InChI=1S/C13H30N2O/c1-7-9-15(12(2,3)11-14)10-8-13(4,5)16-6/h7-11,14H2,1-6H3. The van der Waals surface area contributed by atoms with Gasteiger partial charge in [-0.25, -0.2) is 0 Å². The molecule has 3 heteroatoms. The van der Waals surface area contributed by atoms with Gasteiger partial charge in [-0.15, -0.1) is 0 Å². The Bertz CT molecular complexity index is 190. The molecule has 98 valence electrons. The second-order valence-electron chi connectivity index (χ2n) is 5.72. The van der Waals surface area contributed by atoms with Gasteiger partial charge >= 0.3 is 0 Å². The van der Waals surface area contributed by atoms with Crippen LogP contribution in [-0.2, 0) is 4.74 Å². The largest absolute Gasteiger partial charge is 0.379 e. The predicted octanol–water partition coefficient (Wildman–Crippen LogP) is 2.25. The monoisotopic (exact) mass is 230 g/mol. The smallest absolute Gasteiger partial charge is 0.0634 e. The van der Waals surface area contributed by atoms with Crippen LogP contribution in [0.2, 0.25) is 0 Å². The van der Waals surface area contributed by atoms with E-state index in [-0.39, 0.29) is 11.1 Å². The van der Waals surface area contributed by atoms with E-state index >= 15 is 0 Å². The minimum atomic E-state index is -0.0450. The van der Waals surface area contributed by atoms with Crippen LogP contribution in [0.4, 0.5) is 0 Å². The predicted molar refractivity (Wildman–Crippen MR) is 70.7 cm³/mol. The first-order valence-electron chi connectivity index (χ1n) is 6.29. The van der Waals surface area contributed by atoms with E-state index in [0.29, 0.717) is 6.54 Å². The van der Waals surface area contributed by atoms with E-state index in [1.165, 1.54) is 0 Å². The summed E-state index contributed by atoms with van der Waals surface area (Å²) in [6, 6.07) is 0. The van der Waals surface area contributed by atoms with Crippen molar-refractivity contribution in [1.29, 1.82) is 0 Å². The molecule has 0 aromatic carbocycles. The molecule has 0 saturated heterocycles. The van der Waals surface area contributed by atoms with Gasteiger partial charge in [-0.05, 0) is 47.1 Å². The van der Waals surface area contributed by atoms with Gasteiger partial charge in [0.15, 0.2) is 0 Å². The van der Waals surface area contributed by atoms with Crippen LogP contribution in [0, 0.1) is 0 Å². The number of methoxy groups -OCH3 is 1. The number of hydrogen-bond acceptors (Lipinski definition) is 3. The van der Waals surface area contributed by atoms with Crippen LogP contribution in [0.5, 0.6) is 0 Å². The third-order valence-electron chi connectivity index (χ3n) is 3.39. The lowest BCUT2D eigenvalue weighted by atomic mass is 9.99. The van der Waals surface area contributed by atoms with Crippen molar-refractivity contribution in [3.8, 4) is 0 Å². The molecule has 0 unspecified atom stereocenters. The molecule has 0 atom stereocenters. The summed E-state index contributed by atoms with van der Waals surface area (Å²) in [7, 11) is 1.78. The summed E-state index contributed by atoms with van der Waals surface area (Å²) < 4.78 is 5.45. The normalized spacial score (nSPS) is 13.5. The molecule has 0 fully saturated rings. The molecule has 16 heavy (non-hydrogen) atoms. The summed E-state index contributed by atoms with van der Waals surface area (Å²) in [5, 5.41) is 0. The van der Waals surface area contributed by atoms with Gasteiger partial charge in [-0.2, -0.15) is 0 Å². The van der Waals surface area contributed by atoms with Crippen molar-refractivity contribution < 1.29 is 4.74 Å². The molecule has 0 aliphatic heterocycles. The van der Waals surface area contributed by atoms with Crippen molar-refractivity contribution in [2.45, 2.75) is 58.6 Å². The molecular weight excluding hydrogens is 200 g/mol. The highest BCUT2D eigenvalue weighted by atomic mass is 16.5. The fraction of sp³-hybridized carbons (Fsp3) is 1.00. The molecule has 0 spiro atoms. The van der Waals surface area contributed by atoms with Crippen LogP contribution < -0.4 is 5.73 Å². The number of ether oxygens (including phenoxy) is 1. The second kappa shape index (κ2) is 6.58. The molecule has 3 nitrogen and oxygen atoms in total. The average molecular weight is 230 g/mol. The Labute approximate surface area is 101 Å². The molecule has 0 radical (unpaired) electrons. The molecule has 0 heterocycles. The lowest BCUT2D eigenvalue weighted by Gasteiger charge is -2.39. The lowest BCUT2D eigenvalue weighted by Crippen LogP contribution is -2.51. The van der Waals surface area contributed by atoms with Gasteiger partial charge in [-0.3, -0.25) is 4.90 Å². The Morgan fingerprint density at radius 1 is 1.12 bits per heavy atom. The zero-order valence-electron chi connectivity index (χ0n) is 12.0. The molecule has 0 aromatic heterocycles. The first-order chi connectivity index (χ1) is 7.29. The Kier molecular flexibility index (Phi) is 6.53. The molecule has 0 bridgehead atoms. The average Bonchev–Trinajstić information content (AvgIpc) is 2.24. The minimum Gasteiger partial charge on any atom is -0.379 e. The summed E-state index contributed by atoms with van der Waals surface area (Å²) in [5.41, 5.74) is 5.87. The first-order valence-corrected chi connectivity index (χ1v) is 6.29. The molecule has 2 N–H and O–H groups in total. The van der Waals surface area contributed by atoms with Crippen LogP contribution in [0.1, 0.15) is 47.5 Å². The number of nitrogens with two attached hydrogens (primary N) is 1. The quantitative estimate of drug-likeness (QED) is 0.695. The van der Waals surface area contributed by atoms with Gasteiger partial charge in [-0.1, -0.05) is 6.92 Å². The molecule has 0 aromatic rings. The van der Waals surface area contributed by atoms with E-state index in [1.807, 2.05) is 0 Å². The maximum atomic E-state index is 5.84. The Morgan fingerprint density at radius 3 is 2.06 bits per heavy atom.